The van der Waals surface area contributed by atoms with Crippen LogP contribution in [0.5, 0.6) is 5.75 Å². The zero-order chi connectivity index (χ0) is 17.1. The SMILES string of the molecule is N#Cc1n[nH]c(=O)c(-c2ccc(Br)cc2F)c1OC1CCNCC1. The number of aromatic amines is 1. The molecule has 0 unspecified atom stereocenters. The van der Waals surface area contributed by atoms with E-state index in [1.165, 1.54) is 12.1 Å². The van der Waals surface area contributed by atoms with E-state index >= 15 is 0 Å². The molecule has 1 aromatic carbocycles. The van der Waals surface area contributed by atoms with Gasteiger partial charge in [0.25, 0.3) is 5.56 Å². The number of halogens is 2. The molecular formula is C16H14BrFN4O2. The van der Waals surface area contributed by atoms with Crippen molar-refractivity contribution in [2.45, 2.75) is 18.9 Å². The molecular weight excluding hydrogens is 379 g/mol. The number of nitrogens with zero attached hydrogens (tertiary/aromatic N) is 2. The molecule has 8 heteroatoms. The van der Waals surface area contributed by atoms with Crippen LogP contribution in [0, 0.1) is 17.1 Å². The van der Waals surface area contributed by atoms with E-state index in [9.17, 15) is 14.4 Å². The lowest BCUT2D eigenvalue weighted by Crippen LogP contribution is -2.34. The highest BCUT2D eigenvalue weighted by Crippen LogP contribution is 2.33. The van der Waals surface area contributed by atoms with Crippen LogP contribution >= 0.6 is 15.9 Å². The van der Waals surface area contributed by atoms with Crippen molar-refractivity contribution >= 4 is 15.9 Å². The molecule has 3 rings (SSSR count). The van der Waals surface area contributed by atoms with Crippen molar-refractivity contribution in [2.24, 2.45) is 0 Å². The molecule has 0 radical (unpaired) electrons. The van der Waals surface area contributed by atoms with Gasteiger partial charge in [0.2, 0.25) is 5.69 Å². The molecule has 0 atom stereocenters. The van der Waals surface area contributed by atoms with Gasteiger partial charge in [-0.15, -0.1) is 0 Å². The highest BCUT2D eigenvalue weighted by atomic mass is 79.9. The monoisotopic (exact) mass is 392 g/mol. The Bertz CT molecular complexity index is 856. The van der Waals surface area contributed by atoms with Crippen LogP contribution < -0.4 is 15.6 Å². The number of ether oxygens (including phenoxy) is 1. The summed E-state index contributed by atoms with van der Waals surface area (Å²) in [7, 11) is 0. The lowest BCUT2D eigenvalue weighted by Gasteiger charge is -2.25. The summed E-state index contributed by atoms with van der Waals surface area (Å²) >= 11 is 3.18. The molecule has 0 bridgehead atoms. The van der Waals surface area contributed by atoms with Crippen LogP contribution in [0.15, 0.2) is 27.5 Å². The molecule has 1 saturated heterocycles. The van der Waals surface area contributed by atoms with Gasteiger partial charge < -0.3 is 10.1 Å². The molecule has 0 saturated carbocycles. The summed E-state index contributed by atoms with van der Waals surface area (Å²) in [5, 5.41) is 18.5. The molecule has 1 aromatic heterocycles. The van der Waals surface area contributed by atoms with Gasteiger partial charge in [0.15, 0.2) is 5.75 Å². The number of H-pyrrole nitrogens is 1. The fourth-order valence-corrected chi connectivity index (χ4v) is 2.98. The lowest BCUT2D eigenvalue weighted by molar-refractivity contribution is 0.161. The number of aromatic nitrogens is 2. The van der Waals surface area contributed by atoms with Crippen LogP contribution in [0.2, 0.25) is 0 Å². The van der Waals surface area contributed by atoms with Crippen molar-refractivity contribution in [1.29, 1.82) is 5.26 Å². The summed E-state index contributed by atoms with van der Waals surface area (Å²) in [6.07, 6.45) is 1.32. The van der Waals surface area contributed by atoms with Crippen LogP contribution in [0.3, 0.4) is 0 Å². The van der Waals surface area contributed by atoms with Crippen LogP contribution in [-0.4, -0.2) is 29.4 Å². The first-order valence-electron chi connectivity index (χ1n) is 7.45. The Morgan fingerprint density at radius 3 is 2.79 bits per heavy atom. The zero-order valence-electron chi connectivity index (χ0n) is 12.6. The summed E-state index contributed by atoms with van der Waals surface area (Å²) in [6.45, 7) is 1.57. The lowest BCUT2D eigenvalue weighted by atomic mass is 10.0. The van der Waals surface area contributed by atoms with E-state index in [1.807, 2.05) is 6.07 Å². The number of rotatable bonds is 3. The second-order valence-corrected chi connectivity index (χ2v) is 6.32. The van der Waals surface area contributed by atoms with E-state index in [0.717, 1.165) is 25.9 Å². The van der Waals surface area contributed by atoms with Gasteiger partial charge in [-0.1, -0.05) is 15.9 Å². The quantitative estimate of drug-likeness (QED) is 0.836. The Kier molecular flexibility index (Phi) is 4.92. The number of hydrogen-bond acceptors (Lipinski definition) is 5. The van der Waals surface area contributed by atoms with Crippen molar-refractivity contribution in [3.05, 3.63) is 44.5 Å². The molecule has 6 nitrogen and oxygen atoms in total. The maximum atomic E-state index is 14.4. The third-order valence-corrected chi connectivity index (χ3v) is 4.31. The van der Waals surface area contributed by atoms with Gasteiger partial charge in [-0.05, 0) is 44.1 Å². The number of hydrogen-bond donors (Lipinski definition) is 2. The standard InChI is InChI=1S/C16H14BrFN4O2/c17-9-1-2-11(12(18)7-9)14-15(13(8-19)21-22-16(14)23)24-10-3-5-20-6-4-10/h1-2,7,10,20H,3-6H2,(H,22,23). The average molecular weight is 393 g/mol. The third-order valence-electron chi connectivity index (χ3n) is 3.82. The molecule has 1 aliphatic heterocycles. The van der Waals surface area contributed by atoms with E-state index in [0.29, 0.717) is 4.47 Å². The number of nitrogens with one attached hydrogen (secondary N) is 2. The average Bonchev–Trinajstić information content (AvgIpc) is 2.57. The Morgan fingerprint density at radius 1 is 1.38 bits per heavy atom. The summed E-state index contributed by atoms with van der Waals surface area (Å²) in [4.78, 5) is 12.3. The fourth-order valence-electron chi connectivity index (χ4n) is 2.64. The normalized spacial score (nSPS) is 15.0. The number of nitriles is 1. The van der Waals surface area contributed by atoms with Gasteiger partial charge in [0.05, 0.1) is 5.56 Å². The van der Waals surface area contributed by atoms with Crippen molar-refractivity contribution in [1.82, 2.24) is 15.5 Å². The van der Waals surface area contributed by atoms with Crippen molar-refractivity contribution in [3.8, 4) is 22.9 Å². The van der Waals surface area contributed by atoms with Crippen LogP contribution in [0.1, 0.15) is 18.5 Å². The topological polar surface area (TPSA) is 90.8 Å². The summed E-state index contributed by atoms with van der Waals surface area (Å²) < 4.78 is 20.8. The number of piperidine rings is 1. The largest absolute Gasteiger partial charge is 0.486 e. The van der Waals surface area contributed by atoms with Gasteiger partial charge in [-0.25, -0.2) is 9.49 Å². The van der Waals surface area contributed by atoms with E-state index in [-0.39, 0.29) is 28.7 Å². The summed E-state index contributed by atoms with van der Waals surface area (Å²) in [5.74, 6) is -0.547. The van der Waals surface area contributed by atoms with Crippen molar-refractivity contribution < 1.29 is 9.13 Å². The molecule has 2 aromatic rings. The van der Waals surface area contributed by atoms with E-state index in [2.05, 4.69) is 31.4 Å². The predicted octanol–water partition coefficient (Wildman–Crippen LogP) is 2.34. The minimum absolute atomic E-state index is 0.00918. The first-order chi connectivity index (χ1) is 11.6. The summed E-state index contributed by atoms with van der Waals surface area (Å²) in [6, 6.07) is 6.26. The highest BCUT2D eigenvalue weighted by molar-refractivity contribution is 9.10. The predicted molar refractivity (Wildman–Crippen MR) is 89.2 cm³/mol. The molecule has 1 fully saturated rings. The number of benzene rings is 1. The smallest absolute Gasteiger partial charge is 0.276 e. The fraction of sp³-hybridized carbons (Fsp3) is 0.312. The Morgan fingerprint density at radius 2 is 2.12 bits per heavy atom. The minimum atomic E-state index is -0.598. The first kappa shape index (κ1) is 16.6. The molecule has 0 aliphatic carbocycles. The van der Waals surface area contributed by atoms with Crippen molar-refractivity contribution in [2.75, 3.05) is 13.1 Å². The van der Waals surface area contributed by atoms with E-state index in [1.54, 1.807) is 6.07 Å². The first-order valence-corrected chi connectivity index (χ1v) is 8.25. The molecule has 2 N–H and O–H groups in total. The highest BCUT2D eigenvalue weighted by Gasteiger charge is 2.24. The Balaban J connectivity index is 2.13. The van der Waals surface area contributed by atoms with Gasteiger partial charge in [0.1, 0.15) is 18.0 Å². The van der Waals surface area contributed by atoms with Crippen LogP contribution in [0.25, 0.3) is 11.1 Å². The Labute approximate surface area is 145 Å². The van der Waals surface area contributed by atoms with Crippen LogP contribution in [-0.2, 0) is 0 Å². The van der Waals surface area contributed by atoms with Gasteiger partial charge in [-0.2, -0.15) is 10.4 Å². The van der Waals surface area contributed by atoms with E-state index in [4.69, 9.17) is 4.74 Å². The minimum Gasteiger partial charge on any atom is -0.486 e. The van der Waals surface area contributed by atoms with E-state index < -0.39 is 11.4 Å². The van der Waals surface area contributed by atoms with Gasteiger partial charge >= 0.3 is 0 Å². The third kappa shape index (κ3) is 3.32. The second-order valence-electron chi connectivity index (χ2n) is 5.41. The Hall–Kier alpha value is -2.24. The van der Waals surface area contributed by atoms with Crippen LogP contribution in [0.4, 0.5) is 4.39 Å². The maximum Gasteiger partial charge on any atom is 0.276 e. The van der Waals surface area contributed by atoms with Crippen molar-refractivity contribution in [3.63, 3.8) is 0 Å². The second kappa shape index (κ2) is 7.11. The zero-order valence-corrected chi connectivity index (χ0v) is 14.2. The molecule has 24 heavy (non-hydrogen) atoms. The summed E-state index contributed by atoms with van der Waals surface area (Å²) in [5.41, 5.74) is -0.600. The molecule has 124 valence electrons. The van der Waals surface area contributed by atoms with Gasteiger partial charge in [-0.3, -0.25) is 4.79 Å². The maximum absolute atomic E-state index is 14.4. The molecule has 0 spiro atoms. The van der Waals surface area contributed by atoms with Gasteiger partial charge in [0, 0.05) is 10.0 Å². The molecule has 0 amide bonds. The molecule has 1 aliphatic rings. The molecule has 2 heterocycles.